The van der Waals surface area contributed by atoms with Crippen molar-refractivity contribution >= 4 is 43.6 Å². The molecule has 0 fully saturated rings. The van der Waals surface area contributed by atoms with E-state index >= 15 is 0 Å². The second-order valence-corrected chi connectivity index (χ2v) is 11.1. The highest BCUT2D eigenvalue weighted by Gasteiger charge is 2.20. The van der Waals surface area contributed by atoms with Gasteiger partial charge in [-0.25, -0.2) is 9.97 Å². The van der Waals surface area contributed by atoms with E-state index in [0.29, 0.717) is 5.82 Å². The van der Waals surface area contributed by atoms with Crippen molar-refractivity contribution in [1.29, 1.82) is 0 Å². The fourth-order valence-electron chi connectivity index (χ4n) is 6.55. The lowest BCUT2D eigenvalue weighted by atomic mass is 10.1. The molecule has 4 nitrogen and oxygen atoms in total. The summed E-state index contributed by atoms with van der Waals surface area (Å²) in [5.74, 6) is 1.55. The molecule has 9 rings (SSSR count). The third-order valence-electron chi connectivity index (χ3n) is 8.52. The molecule has 44 heavy (non-hydrogen) atoms. The standard InChI is InChI=1S/C40H26N4/c1-4-14-27(15-5-1)34-26-39(42-40(41-34)28-16-6-2-7-17-28)44-36-23-13-11-21-31(36)33-24-37-32(25-38(33)44)30-20-10-12-22-35(30)43(37)29-18-8-3-9-19-29/h1-26H. The number of rotatable bonds is 4. The van der Waals surface area contributed by atoms with Crippen LogP contribution in [0.15, 0.2) is 158 Å². The molecule has 0 saturated heterocycles. The molecule has 9 aromatic rings. The number of nitrogens with zero attached hydrogens (tertiary/aromatic N) is 4. The summed E-state index contributed by atoms with van der Waals surface area (Å²) in [6.07, 6.45) is 0. The molecular weight excluding hydrogens is 536 g/mol. The topological polar surface area (TPSA) is 35.6 Å². The molecular formula is C40H26N4. The van der Waals surface area contributed by atoms with Crippen LogP contribution in [0.25, 0.3) is 77.8 Å². The van der Waals surface area contributed by atoms with E-state index in [-0.39, 0.29) is 0 Å². The minimum Gasteiger partial charge on any atom is -0.309 e. The molecule has 3 heterocycles. The van der Waals surface area contributed by atoms with Crippen molar-refractivity contribution in [3.63, 3.8) is 0 Å². The van der Waals surface area contributed by atoms with Gasteiger partial charge in [0.25, 0.3) is 0 Å². The SMILES string of the molecule is c1ccc(-c2cc(-n3c4ccccc4c4cc5c(cc43)c3ccccc3n5-c3ccccc3)nc(-c3ccccc3)n2)cc1. The third kappa shape index (κ3) is 3.78. The van der Waals surface area contributed by atoms with Gasteiger partial charge < -0.3 is 4.57 Å². The highest BCUT2D eigenvalue weighted by atomic mass is 15.1. The number of benzene rings is 6. The molecule has 6 aromatic carbocycles. The van der Waals surface area contributed by atoms with Crippen LogP contribution in [0.4, 0.5) is 0 Å². The molecule has 0 saturated carbocycles. The van der Waals surface area contributed by atoms with Crippen molar-refractivity contribution in [3.05, 3.63) is 158 Å². The maximum atomic E-state index is 5.21. The van der Waals surface area contributed by atoms with Crippen molar-refractivity contribution < 1.29 is 0 Å². The molecule has 0 atom stereocenters. The normalized spacial score (nSPS) is 11.6. The highest BCUT2D eigenvalue weighted by molar-refractivity contribution is 6.19. The van der Waals surface area contributed by atoms with Crippen molar-refractivity contribution in [2.75, 3.05) is 0 Å². The maximum absolute atomic E-state index is 5.21. The van der Waals surface area contributed by atoms with E-state index < -0.39 is 0 Å². The van der Waals surface area contributed by atoms with Crippen molar-refractivity contribution in [2.45, 2.75) is 0 Å². The molecule has 0 aliphatic heterocycles. The lowest BCUT2D eigenvalue weighted by Crippen LogP contribution is -2.02. The van der Waals surface area contributed by atoms with Gasteiger partial charge in [0.15, 0.2) is 5.82 Å². The van der Waals surface area contributed by atoms with Crippen LogP contribution in [0.5, 0.6) is 0 Å². The lowest BCUT2D eigenvalue weighted by molar-refractivity contribution is 1.05. The number of hydrogen-bond acceptors (Lipinski definition) is 2. The van der Waals surface area contributed by atoms with Crippen LogP contribution in [-0.2, 0) is 0 Å². The first kappa shape index (κ1) is 24.6. The Balaban J connectivity index is 1.40. The third-order valence-corrected chi connectivity index (χ3v) is 8.52. The molecule has 0 spiro atoms. The summed E-state index contributed by atoms with van der Waals surface area (Å²) < 4.78 is 4.68. The molecule has 0 N–H and O–H groups in total. The van der Waals surface area contributed by atoms with Gasteiger partial charge in [-0.05, 0) is 36.4 Å². The average molecular weight is 563 g/mol. The first-order valence-corrected chi connectivity index (χ1v) is 14.9. The summed E-state index contributed by atoms with van der Waals surface area (Å²) in [4.78, 5) is 10.3. The van der Waals surface area contributed by atoms with Gasteiger partial charge in [0, 0.05) is 44.4 Å². The zero-order chi connectivity index (χ0) is 29.0. The zero-order valence-corrected chi connectivity index (χ0v) is 23.8. The number of hydrogen-bond donors (Lipinski definition) is 0. The van der Waals surface area contributed by atoms with Gasteiger partial charge in [-0.3, -0.25) is 4.57 Å². The van der Waals surface area contributed by atoms with E-state index in [0.717, 1.165) is 39.4 Å². The van der Waals surface area contributed by atoms with Gasteiger partial charge in [0.1, 0.15) is 5.82 Å². The van der Waals surface area contributed by atoms with Crippen LogP contribution < -0.4 is 0 Å². The Morgan fingerprint density at radius 3 is 1.50 bits per heavy atom. The molecule has 0 bridgehead atoms. The predicted octanol–water partition coefficient (Wildman–Crippen LogP) is 10.0. The van der Waals surface area contributed by atoms with E-state index in [1.54, 1.807) is 0 Å². The molecule has 0 amide bonds. The van der Waals surface area contributed by atoms with Gasteiger partial charge in [-0.15, -0.1) is 0 Å². The molecule has 0 radical (unpaired) electrons. The molecule has 0 aliphatic rings. The largest absolute Gasteiger partial charge is 0.309 e. The first-order valence-electron chi connectivity index (χ1n) is 14.9. The summed E-state index contributed by atoms with van der Waals surface area (Å²) in [6.45, 7) is 0. The Morgan fingerprint density at radius 2 is 0.864 bits per heavy atom. The lowest BCUT2D eigenvalue weighted by Gasteiger charge is -2.12. The quantitative estimate of drug-likeness (QED) is 0.214. The smallest absolute Gasteiger partial charge is 0.162 e. The van der Waals surface area contributed by atoms with Gasteiger partial charge in [0.2, 0.25) is 0 Å². The van der Waals surface area contributed by atoms with Gasteiger partial charge >= 0.3 is 0 Å². The molecule has 0 aliphatic carbocycles. The zero-order valence-electron chi connectivity index (χ0n) is 23.8. The van der Waals surface area contributed by atoms with Gasteiger partial charge in [0.05, 0.1) is 27.8 Å². The second kappa shape index (κ2) is 9.79. The molecule has 0 unspecified atom stereocenters. The minimum absolute atomic E-state index is 0.703. The predicted molar refractivity (Wildman–Crippen MR) is 182 cm³/mol. The highest BCUT2D eigenvalue weighted by Crippen LogP contribution is 2.39. The summed E-state index contributed by atoms with van der Waals surface area (Å²) in [6, 6.07) is 55.3. The average Bonchev–Trinajstić information content (AvgIpc) is 3.60. The maximum Gasteiger partial charge on any atom is 0.162 e. The summed E-state index contributed by atoms with van der Waals surface area (Å²) in [5.41, 5.74) is 8.69. The molecule has 3 aromatic heterocycles. The van der Waals surface area contributed by atoms with Crippen molar-refractivity contribution in [1.82, 2.24) is 19.1 Å². The fraction of sp³-hybridized carbons (Fsp3) is 0. The Labute approximate surface area is 254 Å². The monoisotopic (exact) mass is 562 g/mol. The Bertz CT molecular complexity index is 2420. The Hall–Kier alpha value is -6.00. The second-order valence-electron chi connectivity index (χ2n) is 11.1. The molecule has 4 heteroatoms. The van der Waals surface area contributed by atoms with Crippen LogP contribution in [0.1, 0.15) is 0 Å². The number of aromatic nitrogens is 4. The van der Waals surface area contributed by atoms with Crippen LogP contribution >= 0.6 is 0 Å². The van der Waals surface area contributed by atoms with Crippen LogP contribution in [0.2, 0.25) is 0 Å². The number of para-hydroxylation sites is 3. The summed E-state index contributed by atoms with van der Waals surface area (Å²) in [5, 5.41) is 4.81. The summed E-state index contributed by atoms with van der Waals surface area (Å²) >= 11 is 0. The number of fused-ring (bicyclic) bond motifs is 6. The van der Waals surface area contributed by atoms with Crippen molar-refractivity contribution in [3.8, 4) is 34.2 Å². The van der Waals surface area contributed by atoms with E-state index in [9.17, 15) is 0 Å². The Kier molecular flexibility index (Phi) is 5.47. The van der Waals surface area contributed by atoms with E-state index in [1.165, 1.54) is 32.6 Å². The summed E-state index contributed by atoms with van der Waals surface area (Å²) in [7, 11) is 0. The fourth-order valence-corrected chi connectivity index (χ4v) is 6.55. The van der Waals surface area contributed by atoms with E-state index in [4.69, 9.17) is 9.97 Å². The first-order chi connectivity index (χ1) is 21.8. The minimum atomic E-state index is 0.703. The van der Waals surface area contributed by atoms with Crippen LogP contribution in [0.3, 0.4) is 0 Å². The van der Waals surface area contributed by atoms with E-state index in [2.05, 4.69) is 143 Å². The van der Waals surface area contributed by atoms with E-state index in [1.807, 2.05) is 24.3 Å². The molecule has 206 valence electrons. The van der Waals surface area contributed by atoms with Crippen LogP contribution in [-0.4, -0.2) is 19.1 Å². The van der Waals surface area contributed by atoms with Gasteiger partial charge in [-0.2, -0.15) is 0 Å². The van der Waals surface area contributed by atoms with Gasteiger partial charge in [-0.1, -0.05) is 115 Å². The van der Waals surface area contributed by atoms with Crippen LogP contribution in [0, 0.1) is 0 Å². The van der Waals surface area contributed by atoms with Crippen molar-refractivity contribution in [2.24, 2.45) is 0 Å². The Morgan fingerprint density at radius 1 is 0.364 bits per heavy atom.